The van der Waals surface area contributed by atoms with Gasteiger partial charge in [0.25, 0.3) is 0 Å². The summed E-state index contributed by atoms with van der Waals surface area (Å²) in [5.74, 6) is 0.464. The number of aliphatic hydroxyl groups is 1. The van der Waals surface area contributed by atoms with Crippen molar-refractivity contribution in [2.24, 2.45) is 5.92 Å². The lowest BCUT2D eigenvalue weighted by atomic mass is 10.0. The molecule has 1 amide bonds. The first-order valence-electron chi connectivity index (χ1n) is 6.58. The van der Waals surface area contributed by atoms with Gasteiger partial charge in [0, 0.05) is 18.9 Å². The van der Waals surface area contributed by atoms with Crippen molar-refractivity contribution in [1.82, 2.24) is 14.9 Å². The highest BCUT2D eigenvalue weighted by molar-refractivity contribution is 5.93. The molecule has 1 saturated heterocycles. The second-order valence-corrected chi connectivity index (χ2v) is 5.02. The van der Waals surface area contributed by atoms with E-state index in [1.54, 1.807) is 25.4 Å². The van der Waals surface area contributed by atoms with Crippen LogP contribution in [0.5, 0.6) is 0 Å². The van der Waals surface area contributed by atoms with E-state index < -0.39 is 0 Å². The van der Waals surface area contributed by atoms with Gasteiger partial charge in [0.05, 0.1) is 12.1 Å². The fraction of sp³-hybridized carbons (Fsp3) is 0.615. The zero-order valence-corrected chi connectivity index (χ0v) is 11.3. The fourth-order valence-corrected chi connectivity index (χ4v) is 2.31. The van der Waals surface area contributed by atoms with Crippen LogP contribution < -0.4 is 5.32 Å². The quantitative estimate of drug-likeness (QED) is 0.828. The fourth-order valence-electron chi connectivity index (χ4n) is 2.31. The largest absolute Gasteiger partial charge is 0.393 e. The standard InChI is InChI=1S/C13H20N4O2/c1-9(17-7-4-11(8-17)10(2)18)12(19)16-13-14-5-3-6-15-13/h3,5-6,9-11,18H,4,7-8H2,1-2H3,(H,14,15,16,19). The van der Waals surface area contributed by atoms with E-state index >= 15 is 0 Å². The number of carbonyl (C=O) groups is 1. The van der Waals surface area contributed by atoms with Crippen LogP contribution in [0.2, 0.25) is 0 Å². The molecule has 3 atom stereocenters. The molecule has 2 heterocycles. The minimum atomic E-state index is -0.322. The van der Waals surface area contributed by atoms with Crippen molar-refractivity contribution in [2.75, 3.05) is 18.4 Å². The summed E-state index contributed by atoms with van der Waals surface area (Å²) >= 11 is 0. The normalized spacial score (nSPS) is 23.0. The van der Waals surface area contributed by atoms with Crippen molar-refractivity contribution in [1.29, 1.82) is 0 Å². The van der Waals surface area contributed by atoms with Gasteiger partial charge in [0.15, 0.2) is 0 Å². The van der Waals surface area contributed by atoms with Crippen molar-refractivity contribution in [2.45, 2.75) is 32.4 Å². The predicted octanol–water partition coefficient (Wildman–Crippen LogP) is 0.506. The van der Waals surface area contributed by atoms with Gasteiger partial charge in [-0.1, -0.05) is 0 Å². The van der Waals surface area contributed by atoms with Crippen LogP contribution in [0.1, 0.15) is 20.3 Å². The van der Waals surface area contributed by atoms with Gasteiger partial charge >= 0.3 is 0 Å². The maximum Gasteiger partial charge on any atom is 0.243 e. The van der Waals surface area contributed by atoms with Gasteiger partial charge in [-0.3, -0.25) is 15.0 Å². The molecule has 0 bridgehead atoms. The van der Waals surface area contributed by atoms with Gasteiger partial charge in [0.2, 0.25) is 11.9 Å². The van der Waals surface area contributed by atoms with Gasteiger partial charge in [-0.2, -0.15) is 0 Å². The predicted molar refractivity (Wildman–Crippen MR) is 71.5 cm³/mol. The first-order chi connectivity index (χ1) is 9.08. The summed E-state index contributed by atoms with van der Waals surface area (Å²) in [7, 11) is 0. The molecule has 19 heavy (non-hydrogen) atoms. The number of amides is 1. The maximum absolute atomic E-state index is 12.1. The van der Waals surface area contributed by atoms with E-state index in [0.717, 1.165) is 19.5 Å². The summed E-state index contributed by atoms with van der Waals surface area (Å²) in [4.78, 5) is 22.1. The third-order valence-corrected chi connectivity index (χ3v) is 3.67. The van der Waals surface area contributed by atoms with Gasteiger partial charge in [-0.15, -0.1) is 0 Å². The van der Waals surface area contributed by atoms with E-state index in [-0.39, 0.29) is 24.0 Å². The van der Waals surface area contributed by atoms with Crippen LogP contribution in [-0.4, -0.2) is 51.1 Å². The lowest BCUT2D eigenvalue weighted by Gasteiger charge is -2.23. The summed E-state index contributed by atoms with van der Waals surface area (Å²) in [5.41, 5.74) is 0. The number of likely N-dealkylation sites (tertiary alicyclic amines) is 1. The van der Waals surface area contributed by atoms with E-state index in [1.807, 2.05) is 6.92 Å². The highest BCUT2D eigenvalue weighted by Gasteiger charge is 2.31. The van der Waals surface area contributed by atoms with Crippen molar-refractivity contribution in [3.05, 3.63) is 18.5 Å². The summed E-state index contributed by atoms with van der Waals surface area (Å²) in [6, 6.07) is 1.46. The van der Waals surface area contributed by atoms with Crippen molar-refractivity contribution in [3.63, 3.8) is 0 Å². The number of nitrogens with one attached hydrogen (secondary N) is 1. The Morgan fingerprint density at radius 3 is 2.74 bits per heavy atom. The smallest absolute Gasteiger partial charge is 0.243 e. The van der Waals surface area contributed by atoms with Crippen LogP contribution in [0.4, 0.5) is 5.95 Å². The summed E-state index contributed by atoms with van der Waals surface area (Å²) in [5, 5.41) is 12.3. The molecule has 0 aromatic carbocycles. The average molecular weight is 264 g/mol. The van der Waals surface area contributed by atoms with E-state index in [1.165, 1.54) is 0 Å². The van der Waals surface area contributed by atoms with E-state index in [2.05, 4.69) is 20.2 Å². The molecule has 3 unspecified atom stereocenters. The SMILES string of the molecule is CC(O)C1CCN(C(C)C(=O)Nc2ncccn2)C1. The molecule has 0 spiro atoms. The van der Waals surface area contributed by atoms with Crippen LogP contribution >= 0.6 is 0 Å². The number of anilines is 1. The van der Waals surface area contributed by atoms with E-state index in [9.17, 15) is 9.90 Å². The molecule has 1 aromatic heterocycles. The van der Waals surface area contributed by atoms with Crippen molar-refractivity contribution in [3.8, 4) is 0 Å². The molecule has 2 N–H and O–H groups in total. The van der Waals surface area contributed by atoms with Crippen LogP contribution in [-0.2, 0) is 4.79 Å². The average Bonchev–Trinajstić information content (AvgIpc) is 2.88. The molecule has 2 rings (SSSR count). The first-order valence-corrected chi connectivity index (χ1v) is 6.58. The van der Waals surface area contributed by atoms with Crippen molar-refractivity contribution >= 4 is 11.9 Å². The molecule has 1 aliphatic heterocycles. The zero-order valence-electron chi connectivity index (χ0n) is 11.3. The Kier molecular flexibility index (Phi) is 4.44. The number of rotatable bonds is 4. The lowest BCUT2D eigenvalue weighted by molar-refractivity contribution is -0.120. The second kappa shape index (κ2) is 6.08. The highest BCUT2D eigenvalue weighted by Crippen LogP contribution is 2.21. The van der Waals surface area contributed by atoms with Gasteiger partial charge < -0.3 is 5.11 Å². The van der Waals surface area contributed by atoms with Crippen molar-refractivity contribution < 1.29 is 9.90 Å². The molecule has 1 fully saturated rings. The Morgan fingerprint density at radius 2 is 2.16 bits per heavy atom. The van der Waals surface area contributed by atoms with Gasteiger partial charge in [0.1, 0.15) is 0 Å². The van der Waals surface area contributed by atoms with Crippen LogP contribution in [0, 0.1) is 5.92 Å². The molecule has 1 aliphatic rings. The number of hydrogen-bond acceptors (Lipinski definition) is 5. The highest BCUT2D eigenvalue weighted by atomic mass is 16.3. The summed E-state index contributed by atoms with van der Waals surface area (Å²) < 4.78 is 0. The minimum absolute atomic E-state index is 0.113. The monoisotopic (exact) mass is 264 g/mol. The Hall–Kier alpha value is -1.53. The number of carbonyl (C=O) groups excluding carboxylic acids is 1. The van der Waals surface area contributed by atoms with Crippen LogP contribution in [0.15, 0.2) is 18.5 Å². The topological polar surface area (TPSA) is 78.4 Å². The molecule has 1 aromatic rings. The summed E-state index contributed by atoms with van der Waals surface area (Å²) in [6.07, 6.45) is 3.79. The Bertz CT molecular complexity index is 424. The Morgan fingerprint density at radius 1 is 1.47 bits per heavy atom. The number of aromatic nitrogens is 2. The molecule has 104 valence electrons. The maximum atomic E-state index is 12.1. The van der Waals surface area contributed by atoms with Crippen LogP contribution in [0.25, 0.3) is 0 Å². The zero-order chi connectivity index (χ0) is 13.8. The first kappa shape index (κ1) is 13.9. The molecular weight excluding hydrogens is 244 g/mol. The molecule has 0 aliphatic carbocycles. The Labute approximate surface area is 112 Å². The molecule has 0 radical (unpaired) electrons. The molecular formula is C13H20N4O2. The number of nitrogens with zero attached hydrogens (tertiary/aromatic N) is 3. The number of aliphatic hydroxyl groups excluding tert-OH is 1. The Balaban J connectivity index is 1.90. The minimum Gasteiger partial charge on any atom is -0.393 e. The molecule has 6 nitrogen and oxygen atoms in total. The third kappa shape index (κ3) is 3.48. The third-order valence-electron chi connectivity index (χ3n) is 3.67. The van der Waals surface area contributed by atoms with E-state index in [0.29, 0.717) is 5.95 Å². The number of hydrogen-bond donors (Lipinski definition) is 2. The lowest BCUT2D eigenvalue weighted by Crippen LogP contribution is -2.41. The summed E-state index contributed by atoms with van der Waals surface area (Å²) in [6.45, 7) is 5.25. The second-order valence-electron chi connectivity index (χ2n) is 5.02. The van der Waals surface area contributed by atoms with Gasteiger partial charge in [-0.25, -0.2) is 9.97 Å². The van der Waals surface area contributed by atoms with Gasteiger partial charge in [-0.05, 0) is 38.8 Å². The van der Waals surface area contributed by atoms with Crippen LogP contribution in [0.3, 0.4) is 0 Å². The van der Waals surface area contributed by atoms with E-state index in [4.69, 9.17) is 0 Å². The molecule has 6 heteroatoms. The molecule has 0 saturated carbocycles.